The molecule has 0 radical (unpaired) electrons. The Kier molecular flexibility index (Phi) is 2.79. The van der Waals surface area contributed by atoms with Crippen molar-refractivity contribution in [3.63, 3.8) is 0 Å². The van der Waals surface area contributed by atoms with Crippen LogP contribution in [-0.4, -0.2) is 9.97 Å². The van der Waals surface area contributed by atoms with Crippen molar-refractivity contribution in [3.8, 4) is 0 Å². The molecule has 2 N–H and O–H groups in total. The monoisotopic (exact) mass is 355 g/mol. The Morgan fingerprint density at radius 1 is 1.35 bits per heavy atom. The average molecular weight is 355 g/mol. The first-order valence-electron chi connectivity index (χ1n) is 5.19. The number of nitrogens with zero attached hydrogens (tertiary/aromatic N) is 1. The van der Waals surface area contributed by atoms with Crippen LogP contribution in [-0.2, 0) is 0 Å². The van der Waals surface area contributed by atoms with Gasteiger partial charge in [0.05, 0.1) is 19.6 Å². The number of aromatic amines is 1. The number of thiophene rings is 1. The number of nitrogens with one attached hydrogen (secondary N) is 2. The third kappa shape index (κ3) is 2.04. The number of hydrogen-bond acceptors (Lipinski definition) is 3. The maximum absolute atomic E-state index is 4.50. The van der Waals surface area contributed by atoms with Crippen LogP contribution in [0.3, 0.4) is 0 Å². The van der Waals surface area contributed by atoms with Gasteiger partial charge in [-0.1, -0.05) is 12.1 Å². The molecule has 0 unspecified atom stereocenters. The molecular formula is C12H10IN3S. The van der Waals surface area contributed by atoms with Gasteiger partial charge in [-0.2, -0.15) is 0 Å². The SMILES string of the molecule is Cc1csc(I)c1Nc1nc2ccccc2[nH]1. The molecule has 0 saturated heterocycles. The molecule has 2 aromatic heterocycles. The summed E-state index contributed by atoms with van der Waals surface area (Å²) < 4.78 is 1.25. The first-order chi connectivity index (χ1) is 8.24. The lowest BCUT2D eigenvalue weighted by Gasteiger charge is -2.02. The molecule has 3 rings (SSSR count). The van der Waals surface area contributed by atoms with E-state index in [9.17, 15) is 0 Å². The van der Waals surface area contributed by atoms with E-state index in [4.69, 9.17) is 0 Å². The zero-order valence-corrected chi connectivity index (χ0v) is 12.1. The largest absolute Gasteiger partial charge is 0.324 e. The van der Waals surface area contributed by atoms with Crippen LogP contribution in [0.25, 0.3) is 11.0 Å². The van der Waals surface area contributed by atoms with Gasteiger partial charge in [0.1, 0.15) is 0 Å². The highest BCUT2D eigenvalue weighted by molar-refractivity contribution is 14.1. The minimum absolute atomic E-state index is 0.797. The zero-order valence-electron chi connectivity index (χ0n) is 9.12. The van der Waals surface area contributed by atoms with Gasteiger partial charge in [0.2, 0.25) is 5.95 Å². The van der Waals surface area contributed by atoms with Crippen molar-refractivity contribution in [3.05, 3.63) is 38.1 Å². The summed E-state index contributed by atoms with van der Waals surface area (Å²) in [7, 11) is 0. The molecule has 3 nitrogen and oxygen atoms in total. The maximum atomic E-state index is 4.50. The molecule has 17 heavy (non-hydrogen) atoms. The third-order valence-corrected chi connectivity index (χ3v) is 4.75. The van der Waals surface area contributed by atoms with Crippen molar-refractivity contribution < 1.29 is 0 Å². The molecule has 0 amide bonds. The predicted octanol–water partition coefficient (Wildman–Crippen LogP) is 4.28. The van der Waals surface area contributed by atoms with E-state index in [0.29, 0.717) is 0 Å². The predicted molar refractivity (Wildman–Crippen MR) is 81.1 cm³/mol. The Hall–Kier alpha value is -1.08. The van der Waals surface area contributed by atoms with Crippen molar-refractivity contribution in [2.45, 2.75) is 6.92 Å². The Bertz CT molecular complexity index is 619. The van der Waals surface area contributed by atoms with Crippen molar-refractivity contribution in [1.29, 1.82) is 0 Å². The van der Waals surface area contributed by atoms with Gasteiger partial charge < -0.3 is 10.3 Å². The van der Waals surface area contributed by atoms with Gasteiger partial charge in [0, 0.05) is 0 Å². The van der Waals surface area contributed by atoms with Crippen LogP contribution in [0, 0.1) is 9.81 Å². The first-order valence-corrected chi connectivity index (χ1v) is 7.15. The molecule has 86 valence electrons. The number of imidazole rings is 1. The lowest BCUT2D eigenvalue weighted by molar-refractivity contribution is 1.30. The van der Waals surface area contributed by atoms with Crippen molar-refractivity contribution in [2.24, 2.45) is 0 Å². The average Bonchev–Trinajstić information content (AvgIpc) is 2.87. The molecule has 2 heterocycles. The number of aryl methyl sites for hydroxylation is 1. The summed E-state index contributed by atoms with van der Waals surface area (Å²) in [6, 6.07) is 8.03. The van der Waals surface area contributed by atoms with Gasteiger partial charge in [0.15, 0.2) is 0 Å². The second-order valence-electron chi connectivity index (χ2n) is 3.79. The zero-order chi connectivity index (χ0) is 11.8. The highest BCUT2D eigenvalue weighted by Crippen LogP contribution is 2.31. The number of H-pyrrole nitrogens is 1. The fourth-order valence-corrected chi connectivity index (χ4v) is 3.36. The standard InChI is InChI=1S/C12H10IN3S/c1-7-6-17-11(13)10(7)16-12-14-8-4-2-3-5-9(8)15-12/h2-6H,1H3,(H2,14,15,16). The van der Waals surface area contributed by atoms with Gasteiger partial charge in [-0.3, -0.25) is 0 Å². The van der Waals surface area contributed by atoms with Gasteiger partial charge in [-0.05, 0) is 52.6 Å². The summed E-state index contributed by atoms with van der Waals surface area (Å²) in [5.41, 5.74) is 4.44. The summed E-state index contributed by atoms with van der Waals surface area (Å²) in [4.78, 5) is 7.77. The molecular weight excluding hydrogens is 345 g/mol. The van der Waals surface area contributed by atoms with Crippen LogP contribution in [0.15, 0.2) is 29.6 Å². The molecule has 1 aromatic carbocycles. The smallest absolute Gasteiger partial charge is 0.205 e. The van der Waals surface area contributed by atoms with Crippen LogP contribution >= 0.6 is 33.9 Å². The first kappa shape index (κ1) is 11.0. The van der Waals surface area contributed by atoms with E-state index in [1.54, 1.807) is 11.3 Å². The molecule has 0 saturated carbocycles. The number of benzene rings is 1. The minimum Gasteiger partial charge on any atom is -0.324 e. The van der Waals surface area contributed by atoms with Crippen molar-refractivity contribution >= 4 is 56.6 Å². The van der Waals surface area contributed by atoms with Gasteiger partial charge in [-0.25, -0.2) is 4.98 Å². The second-order valence-corrected chi connectivity index (χ2v) is 6.49. The summed E-state index contributed by atoms with van der Waals surface area (Å²) >= 11 is 4.08. The summed E-state index contributed by atoms with van der Waals surface area (Å²) in [6.45, 7) is 2.10. The Balaban J connectivity index is 2.00. The molecule has 0 aliphatic carbocycles. The molecule has 0 aliphatic rings. The molecule has 5 heteroatoms. The van der Waals surface area contributed by atoms with Gasteiger partial charge >= 0.3 is 0 Å². The van der Waals surface area contributed by atoms with Crippen molar-refractivity contribution in [2.75, 3.05) is 5.32 Å². The number of fused-ring (bicyclic) bond motifs is 1. The van der Waals surface area contributed by atoms with Crippen LogP contribution in [0.2, 0.25) is 0 Å². The normalized spacial score (nSPS) is 10.9. The molecule has 0 bridgehead atoms. The number of halogens is 1. The van der Waals surface area contributed by atoms with E-state index in [2.05, 4.69) is 50.2 Å². The fourth-order valence-electron chi connectivity index (χ4n) is 1.69. The van der Waals surface area contributed by atoms with Crippen LogP contribution < -0.4 is 5.32 Å². The summed E-state index contributed by atoms with van der Waals surface area (Å²) in [6.07, 6.45) is 0. The topological polar surface area (TPSA) is 40.7 Å². The van der Waals surface area contributed by atoms with E-state index in [0.717, 1.165) is 22.7 Å². The number of aromatic nitrogens is 2. The number of rotatable bonds is 2. The highest BCUT2D eigenvalue weighted by atomic mass is 127. The van der Waals surface area contributed by atoms with Gasteiger partial charge in [0.25, 0.3) is 0 Å². The number of anilines is 2. The summed E-state index contributed by atoms with van der Waals surface area (Å²) in [5.74, 6) is 0.797. The van der Waals surface area contributed by atoms with Crippen LogP contribution in [0.4, 0.5) is 11.6 Å². The second kappa shape index (κ2) is 4.30. The van der Waals surface area contributed by atoms with Crippen molar-refractivity contribution in [1.82, 2.24) is 9.97 Å². The van der Waals surface area contributed by atoms with E-state index < -0.39 is 0 Å². The number of hydrogen-bond donors (Lipinski definition) is 2. The Labute approximate surface area is 116 Å². The van der Waals surface area contributed by atoms with E-state index in [-0.39, 0.29) is 0 Å². The molecule has 0 atom stereocenters. The third-order valence-electron chi connectivity index (χ3n) is 2.56. The molecule has 3 aromatic rings. The van der Waals surface area contributed by atoms with Crippen LogP contribution in [0.5, 0.6) is 0 Å². The van der Waals surface area contributed by atoms with Crippen LogP contribution in [0.1, 0.15) is 5.56 Å². The molecule has 0 spiro atoms. The van der Waals surface area contributed by atoms with E-state index in [1.807, 2.05) is 24.3 Å². The van der Waals surface area contributed by atoms with E-state index in [1.165, 1.54) is 8.45 Å². The number of para-hydroxylation sites is 2. The summed E-state index contributed by atoms with van der Waals surface area (Å²) in [5, 5.41) is 5.49. The van der Waals surface area contributed by atoms with E-state index >= 15 is 0 Å². The molecule has 0 aliphatic heterocycles. The fraction of sp³-hybridized carbons (Fsp3) is 0.0833. The molecule has 0 fully saturated rings. The Morgan fingerprint density at radius 3 is 2.88 bits per heavy atom. The highest BCUT2D eigenvalue weighted by Gasteiger charge is 2.08. The minimum atomic E-state index is 0.797. The lowest BCUT2D eigenvalue weighted by atomic mass is 10.3. The van der Waals surface area contributed by atoms with Gasteiger partial charge in [-0.15, -0.1) is 11.3 Å². The Morgan fingerprint density at radius 2 is 2.18 bits per heavy atom. The maximum Gasteiger partial charge on any atom is 0.205 e. The lowest BCUT2D eigenvalue weighted by Crippen LogP contribution is -1.93. The quantitative estimate of drug-likeness (QED) is 0.674.